The summed E-state index contributed by atoms with van der Waals surface area (Å²) < 4.78 is 7.86. The van der Waals surface area contributed by atoms with Crippen molar-refractivity contribution in [3.63, 3.8) is 0 Å². The third kappa shape index (κ3) is 2.85. The molecule has 2 aromatic heterocycles. The molecule has 2 rings (SSSR count). The molecule has 0 aliphatic carbocycles. The largest absolute Gasteiger partial charge is 0.452 e. The fraction of sp³-hybridized carbons (Fsp3) is 0.308. The Morgan fingerprint density at radius 2 is 2.17 bits per heavy atom. The monoisotopic (exact) mass is 310 g/mol. The number of anilines is 1. The van der Waals surface area contributed by atoms with Gasteiger partial charge >= 0.3 is 0 Å². The van der Waals surface area contributed by atoms with Crippen LogP contribution in [0, 0.1) is 0 Å². The number of nitrogens with zero attached hydrogens (tertiary/aromatic N) is 1. The van der Waals surface area contributed by atoms with E-state index in [4.69, 9.17) is 4.42 Å². The van der Waals surface area contributed by atoms with E-state index in [2.05, 4.69) is 21.2 Å². The van der Waals surface area contributed by atoms with Gasteiger partial charge in [0.2, 0.25) is 0 Å². The van der Waals surface area contributed by atoms with Crippen LogP contribution in [-0.2, 0) is 6.54 Å². The predicted octanol–water partition coefficient (Wildman–Crippen LogP) is 3.40. The molecule has 0 saturated carbocycles. The van der Waals surface area contributed by atoms with Crippen molar-refractivity contribution in [2.45, 2.75) is 26.4 Å². The van der Waals surface area contributed by atoms with Crippen LogP contribution in [0.1, 0.15) is 25.6 Å². The molecule has 2 aromatic rings. The molecule has 0 aliphatic rings. The van der Waals surface area contributed by atoms with E-state index in [1.807, 2.05) is 32.2 Å². The Morgan fingerprint density at radius 3 is 2.78 bits per heavy atom. The van der Waals surface area contributed by atoms with Gasteiger partial charge in [0.25, 0.3) is 5.56 Å². The van der Waals surface area contributed by atoms with E-state index >= 15 is 0 Å². The molecule has 0 aliphatic heterocycles. The minimum absolute atomic E-state index is 0.0106. The minimum Gasteiger partial charge on any atom is -0.452 e. The van der Waals surface area contributed by atoms with Crippen LogP contribution in [-0.4, -0.2) is 4.57 Å². The standard InChI is InChI=1S/C13H15BrN2O2/c1-3-16-8-10(4-7-13(16)17)15-9(2)11-5-6-12(14)18-11/h4-9,15H,3H2,1-2H3. The lowest BCUT2D eigenvalue weighted by molar-refractivity contribution is 0.471. The Labute approximate surface area is 114 Å². The Morgan fingerprint density at radius 1 is 1.39 bits per heavy atom. The molecule has 0 aromatic carbocycles. The lowest BCUT2D eigenvalue weighted by Gasteiger charge is -2.14. The highest BCUT2D eigenvalue weighted by atomic mass is 79.9. The van der Waals surface area contributed by atoms with Crippen LogP contribution in [0.5, 0.6) is 0 Å². The van der Waals surface area contributed by atoms with Crippen LogP contribution in [0.25, 0.3) is 0 Å². The summed E-state index contributed by atoms with van der Waals surface area (Å²) in [6.45, 7) is 4.61. The van der Waals surface area contributed by atoms with E-state index in [-0.39, 0.29) is 11.6 Å². The van der Waals surface area contributed by atoms with E-state index < -0.39 is 0 Å². The van der Waals surface area contributed by atoms with Crippen LogP contribution >= 0.6 is 15.9 Å². The Hall–Kier alpha value is -1.49. The minimum atomic E-state index is 0.0106. The zero-order chi connectivity index (χ0) is 13.1. The van der Waals surface area contributed by atoms with E-state index in [1.54, 1.807) is 16.7 Å². The normalized spacial score (nSPS) is 12.4. The molecule has 4 nitrogen and oxygen atoms in total. The van der Waals surface area contributed by atoms with Gasteiger partial charge in [0.05, 0.1) is 11.7 Å². The molecule has 0 amide bonds. The van der Waals surface area contributed by atoms with Crippen molar-refractivity contribution in [3.05, 3.63) is 51.2 Å². The van der Waals surface area contributed by atoms with Crippen LogP contribution in [0.3, 0.4) is 0 Å². The molecule has 1 unspecified atom stereocenters. The number of aryl methyl sites for hydroxylation is 1. The number of rotatable bonds is 4. The zero-order valence-corrected chi connectivity index (χ0v) is 11.9. The first-order valence-corrected chi connectivity index (χ1v) is 6.61. The van der Waals surface area contributed by atoms with Crippen molar-refractivity contribution >= 4 is 21.6 Å². The number of hydrogen-bond acceptors (Lipinski definition) is 3. The van der Waals surface area contributed by atoms with Crippen LogP contribution in [0.15, 0.2) is 44.3 Å². The van der Waals surface area contributed by atoms with E-state index in [0.29, 0.717) is 11.2 Å². The van der Waals surface area contributed by atoms with Gasteiger partial charge < -0.3 is 14.3 Å². The molecule has 1 N–H and O–H groups in total. The number of aromatic nitrogens is 1. The van der Waals surface area contributed by atoms with Crippen LogP contribution in [0.4, 0.5) is 5.69 Å². The number of pyridine rings is 1. The van der Waals surface area contributed by atoms with Gasteiger partial charge in [0, 0.05) is 18.8 Å². The van der Waals surface area contributed by atoms with Crippen molar-refractivity contribution in [1.82, 2.24) is 4.57 Å². The zero-order valence-electron chi connectivity index (χ0n) is 10.3. The van der Waals surface area contributed by atoms with E-state index in [9.17, 15) is 4.79 Å². The summed E-state index contributed by atoms with van der Waals surface area (Å²) in [7, 11) is 0. The van der Waals surface area contributed by atoms with Crippen molar-refractivity contribution in [2.24, 2.45) is 0 Å². The fourth-order valence-electron chi connectivity index (χ4n) is 1.75. The summed E-state index contributed by atoms with van der Waals surface area (Å²) in [4.78, 5) is 11.5. The third-order valence-electron chi connectivity index (χ3n) is 2.73. The summed E-state index contributed by atoms with van der Waals surface area (Å²) in [5.74, 6) is 0.844. The summed E-state index contributed by atoms with van der Waals surface area (Å²) in [6, 6.07) is 7.16. The summed E-state index contributed by atoms with van der Waals surface area (Å²) in [6.07, 6.45) is 1.82. The highest BCUT2D eigenvalue weighted by Gasteiger charge is 2.10. The topological polar surface area (TPSA) is 47.2 Å². The quantitative estimate of drug-likeness (QED) is 0.941. The highest BCUT2D eigenvalue weighted by Crippen LogP contribution is 2.23. The first kappa shape index (κ1) is 13.0. The molecule has 0 saturated heterocycles. The van der Waals surface area contributed by atoms with Crippen LogP contribution in [0.2, 0.25) is 0 Å². The number of hydrogen-bond donors (Lipinski definition) is 1. The molecule has 0 spiro atoms. The van der Waals surface area contributed by atoms with E-state index in [0.717, 1.165) is 11.4 Å². The van der Waals surface area contributed by atoms with Crippen molar-refractivity contribution in [3.8, 4) is 0 Å². The second-order valence-corrected chi connectivity index (χ2v) is 4.83. The molecule has 0 fully saturated rings. The maximum Gasteiger partial charge on any atom is 0.250 e. The SMILES string of the molecule is CCn1cc(NC(C)c2ccc(Br)o2)ccc1=O. The van der Waals surface area contributed by atoms with Gasteiger partial charge in [-0.25, -0.2) is 0 Å². The second kappa shape index (κ2) is 5.44. The molecular weight excluding hydrogens is 296 g/mol. The average Bonchev–Trinajstić information content (AvgIpc) is 2.78. The maximum absolute atomic E-state index is 11.5. The molecule has 2 heterocycles. The highest BCUT2D eigenvalue weighted by molar-refractivity contribution is 9.10. The first-order chi connectivity index (χ1) is 8.60. The average molecular weight is 311 g/mol. The van der Waals surface area contributed by atoms with Crippen molar-refractivity contribution in [2.75, 3.05) is 5.32 Å². The van der Waals surface area contributed by atoms with Gasteiger partial charge in [-0.1, -0.05) is 0 Å². The Bertz CT molecular complexity index is 589. The van der Waals surface area contributed by atoms with Gasteiger partial charge in [-0.3, -0.25) is 4.79 Å². The Kier molecular flexibility index (Phi) is 3.91. The molecule has 5 heteroatoms. The van der Waals surface area contributed by atoms with E-state index in [1.165, 1.54) is 0 Å². The summed E-state index contributed by atoms with van der Waals surface area (Å²) >= 11 is 3.28. The molecule has 0 bridgehead atoms. The van der Waals surface area contributed by atoms with Gasteiger partial charge in [0.1, 0.15) is 5.76 Å². The molecule has 0 radical (unpaired) electrons. The van der Waals surface area contributed by atoms with Gasteiger partial charge in [-0.15, -0.1) is 0 Å². The lowest BCUT2D eigenvalue weighted by atomic mass is 10.2. The molecule has 18 heavy (non-hydrogen) atoms. The Balaban J connectivity index is 2.16. The second-order valence-electron chi connectivity index (χ2n) is 4.05. The summed E-state index contributed by atoms with van der Waals surface area (Å²) in [5, 5.41) is 3.30. The fourth-order valence-corrected chi connectivity index (χ4v) is 2.07. The predicted molar refractivity (Wildman–Crippen MR) is 74.8 cm³/mol. The smallest absolute Gasteiger partial charge is 0.250 e. The van der Waals surface area contributed by atoms with Crippen LogP contribution < -0.4 is 10.9 Å². The number of nitrogens with one attached hydrogen (secondary N) is 1. The molecule has 96 valence electrons. The molecule has 1 atom stereocenters. The van der Waals surface area contributed by atoms with Gasteiger partial charge in [0.15, 0.2) is 4.67 Å². The van der Waals surface area contributed by atoms with Crippen molar-refractivity contribution < 1.29 is 4.42 Å². The number of furan rings is 1. The lowest BCUT2D eigenvalue weighted by Crippen LogP contribution is -2.18. The molecular formula is C13H15BrN2O2. The van der Waals surface area contributed by atoms with Gasteiger partial charge in [-0.05, 0) is 48.0 Å². The van der Waals surface area contributed by atoms with Crippen molar-refractivity contribution in [1.29, 1.82) is 0 Å². The number of halogens is 1. The summed E-state index contributed by atoms with van der Waals surface area (Å²) in [5.41, 5.74) is 0.910. The maximum atomic E-state index is 11.5. The van der Waals surface area contributed by atoms with Gasteiger partial charge in [-0.2, -0.15) is 0 Å². The first-order valence-electron chi connectivity index (χ1n) is 5.82. The third-order valence-corrected chi connectivity index (χ3v) is 3.15.